The summed E-state index contributed by atoms with van der Waals surface area (Å²) < 4.78 is 4.61. The average Bonchev–Trinajstić information content (AvgIpc) is 2.50. The third-order valence-corrected chi connectivity index (χ3v) is 3.55. The Morgan fingerprint density at radius 2 is 2.05 bits per heavy atom. The molecule has 21 heavy (non-hydrogen) atoms. The predicted octanol–water partition coefficient (Wildman–Crippen LogP) is 0.817. The van der Waals surface area contributed by atoms with Crippen molar-refractivity contribution in [1.82, 2.24) is 0 Å². The molecular formula is C17H16O4. The van der Waals surface area contributed by atoms with Crippen molar-refractivity contribution in [3.05, 3.63) is 35.4 Å². The van der Waals surface area contributed by atoms with E-state index in [4.69, 9.17) is 5.11 Å². The topological polar surface area (TPSA) is 66.8 Å². The molecule has 1 unspecified atom stereocenters. The Labute approximate surface area is 123 Å². The van der Waals surface area contributed by atoms with E-state index in [0.29, 0.717) is 12.0 Å². The largest absolute Gasteiger partial charge is 0.465 e. The van der Waals surface area contributed by atoms with Crippen LogP contribution in [0.2, 0.25) is 0 Å². The number of carbonyl (C=O) groups excluding carboxylic acids is 1. The molecule has 0 heterocycles. The Bertz CT molecular complexity index is 625. The van der Waals surface area contributed by atoms with Gasteiger partial charge in [-0.05, 0) is 42.5 Å². The van der Waals surface area contributed by atoms with E-state index < -0.39 is 6.10 Å². The lowest BCUT2D eigenvalue weighted by Gasteiger charge is -2.37. The highest BCUT2D eigenvalue weighted by Gasteiger charge is 2.38. The van der Waals surface area contributed by atoms with Gasteiger partial charge in [-0.2, -0.15) is 0 Å². The lowest BCUT2D eigenvalue weighted by Crippen LogP contribution is -2.42. The van der Waals surface area contributed by atoms with Crippen LogP contribution in [0.5, 0.6) is 0 Å². The average molecular weight is 284 g/mol. The van der Waals surface area contributed by atoms with Gasteiger partial charge in [-0.1, -0.05) is 11.8 Å². The monoisotopic (exact) mass is 284 g/mol. The van der Waals surface area contributed by atoms with E-state index in [0.717, 1.165) is 5.56 Å². The van der Waals surface area contributed by atoms with Gasteiger partial charge in [-0.25, -0.2) is 4.79 Å². The summed E-state index contributed by atoms with van der Waals surface area (Å²) in [5.74, 6) is 10.8. The number of hydrogen-bond acceptors (Lipinski definition) is 4. The van der Waals surface area contributed by atoms with E-state index in [1.807, 2.05) is 0 Å². The zero-order valence-electron chi connectivity index (χ0n) is 11.7. The van der Waals surface area contributed by atoms with Gasteiger partial charge < -0.3 is 14.9 Å². The highest BCUT2D eigenvalue weighted by atomic mass is 16.5. The van der Waals surface area contributed by atoms with Gasteiger partial charge in [0.25, 0.3) is 0 Å². The molecule has 0 amide bonds. The van der Waals surface area contributed by atoms with Gasteiger partial charge in [-0.15, -0.1) is 0 Å². The maximum absolute atomic E-state index is 11.3. The van der Waals surface area contributed by atoms with E-state index in [-0.39, 0.29) is 24.4 Å². The molecule has 0 spiro atoms. The Kier molecular flexibility index (Phi) is 5.00. The number of benzene rings is 1. The molecule has 4 heteroatoms. The fourth-order valence-corrected chi connectivity index (χ4v) is 2.14. The normalized spacial score (nSPS) is 22.9. The van der Waals surface area contributed by atoms with Gasteiger partial charge in [0.2, 0.25) is 0 Å². The van der Waals surface area contributed by atoms with Crippen LogP contribution in [0.15, 0.2) is 24.3 Å². The lowest BCUT2D eigenvalue weighted by molar-refractivity contribution is -0.0372. The van der Waals surface area contributed by atoms with Gasteiger partial charge in [0.15, 0.2) is 0 Å². The third kappa shape index (κ3) is 3.64. The first-order chi connectivity index (χ1) is 10.2. The lowest BCUT2D eigenvalue weighted by atomic mass is 9.72. The molecule has 1 aromatic carbocycles. The first-order valence-corrected chi connectivity index (χ1v) is 6.64. The van der Waals surface area contributed by atoms with Crippen molar-refractivity contribution in [3.8, 4) is 23.7 Å². The molecular weight excluding hydrogens is 268 g/mol. The quantitative estimate of drug-likeness (QED) is 0.623. The summed E-state index contributed by atoms with van der Waals surface area (Å²) in [6, 6.07) is 6.75. The summed E-state index contributed by atoms with van der Waals surface area (Å²) in [7, 11) is 1.34. The van der Waals surface area contributed by atoms with Crippen LogP contribution in [0.4, 0.5) is 0 Å². The summed E-state index contributed by atoms with van der Waals surface area (Å²) in [5.41, 5.74) is 1.23. The smallest absolute Gasteiger partial charge is 0.337 e. The standard InChI is InChI=1S/C17H16O4/c1-21-17(20)13-8-6-12(7-9-13)4-2-3-5-14-10-16(19)15(14)11-18/h6-9,14-16,18-19H,10-11H2,1H3/t14-,15-,16?/m0/s1. The van der Waals surface area contributed by atoms with Crippen molar-refractivity contribution >= 4 is 5.97 Å². The maximum Gasteiger partial charge on any atom is 0.337 e. The minimum absolute atomic E-state index is 0.0148. The first kappa shape index (κ1) is 15.1. The molecule has 0 aliphatic heterocycles. The number of aliphatic hydroxyl groups excluding tert-OH is 2. The summed E-state index contributed by atoms with van der Waals surface area (Å²) in [6.07, 6.45) is 0.140. The van der Waals surface area contributed by atoms with E-state index in [9.17, 15) is 9.90 Å². The molecule has 1 aliphatic carbocycles. The molecule has 1 aliphatic rings. The number of hydrogen-bond donors (Lipinski definition) is 2. The molecule has 0 aromatic heterocycles. The van der Waals surface area contributed by atoms with Crippen molar-refractivity contribution < 1.29 is 19.7 Å². The Hall–Kier alpha value is -2.27. The minimum Gasteiger partial charge on any atom is -0.465 e. The number of carbonyl (C=O) groups is 1. The molecule has 0 bridgehead atoms. The summed E-state index contributed by atoms with van der Waals surface area (Å²) in [5, 5.41) is 18.5. The van der Waals surface area contributed by atoms with Crippen LogP contribution < -0.4 is 0 Å². The van der Waals surface area contributed by atoms with Crippen molar-refractivity contribution in [3.63, 3.8) is 0 Å². The third-order valence-electron chi connectivity index (χ3n) is 3.55. The fraction of sp³-hybridized carbons (Fsp3) is 0.353. The van der Waals surface area contributed by atoms with Gasteiger partial charge in [0, 0.05) is 24.0 Å². The van der Waals surface area contributed by atoms with E-state index >= 15 is 0 Å². The number of ether oxygens (including phenoxy) is 1. The molecule has 3 atom stereocenters. The van der Waals surface area contributed by atoms with Crippen LogP contribution in [0.3, 0.4) is 0 Å². The number of esters is 1. The first-order valence-electron chi connectivity index (χ1n) is 6.64. The van der Waals surface area contributed by atoms with Crippen molar-refractivity contribution in [1.29, 1.82) is 0 Å². The van der Waals surface area contributed by atoms with Gasteiger partial charge in [0.1, 0.15) is 0 Å². The second kappa shape index (κ2) is 6.95. The number of methoxy groups -OCH3 is 1. The Morgan fingerprint density at radius 1 is 1.33 bits per heavy atom. The summed E-state index contributed by atoms with van der Waals surface area (Å²) in [6.45, 7) is -0.0526. The second-order valence-corrected chi connectivity index (χ2v) is 4.84. The SMILES string of the molecule is COC(=O)c1ccc(C#CC#C[C@H]2CC(O)[C@H]2CO)cc1. The van der Waals surface area contributed by atoms with Crippen molar-refractivity contribution in [2.45, 2.75) is 12.5 Å². The summed E-state index contributed by atoms with van der Waals surface area (Å²) in [4.78, 5) is 11.3. The molecule has 0 radical (unpaired) electrons. The molecule has 2 N–H and O–H groups in total. The van der Waals surface area contributed by atoms with Crippen LogP contribution in [0, 0.1) is 35.5 Å². The van der Waals surface area contributed by atoms with E-state index in [1.54, 1.807) is 24.3 Å². The van der Waals surface area contributed by atoms with Crippen LogP contribution in [-0.4, -0.2) is 36.0 Å². The molecule has 0 saturated heterocycles. The van der Waals surface area contributed by atoms with Crippen molar-refractivity contribution in [2.75, 3.05) is 13.7 Å². The van der Waals surface area contributed by atoms with Crippen molar-refractivity contribution in [2.24, 2.45) is 11.8 Å². The highest BCUT2D eigenvalue weighted by molar-refractivity contribution is 5.89. The Morgan fingerprint density at radius 3 is 2.62 bits per heavy atom. The Balaban J connectivity index is 1.96. The molecule has 2 rings (SSSR count). The van der Waals surface area contributed by atoms with Crippen LogP contribution in [0.25, 0.3) is 0 Å². The molecule has 1 fully saturated rings. The summed E-state index contributed by atoms with van der Waals surface area (Å²) >= 11 is 0. The number of aliphatic hydroxyl groups is 2. The highest BCUT2D eigenvalue weighted by Crippen LogP contribution is 2.33. The molecule has 1 saturated carbocycles. The van der Waals surface area contributed by atoms with Crippen LogP contribution in [0.1, 0.15) is 22.3 Å². The molecule has 108 valence electrons. The maximum atomic E-state index is 11.3. The van der Waals surface area contributed by atoms with Gasteiger partial charge in [0.05, 0.1) is 18.8 Å². The predicted molar refractivity (Wildman–Crippen MR) is 77.1 cm³/mol. The molecule has 4 nitrogen and oxygen atoms in total. The van der Waals surface area contributed by atoms with Gasteiger partial charge >= 0.3 is 5.97 Å². The second-order valence-electron chi connectivity index (χ2n) is 4.84. The van der Waals surface area contributed by atoms with Gasteiger partial charge in [-0.3, -0.25) is 0 Å². The van der Waals surface area contributed by atoms with Crippen LogP contribution >= 0.6 is 0 Å². The van der Waals surface area contributed by atoms with Crippen LogP contribution in [-0.2, 0) is 4.74 Å². The fourth-order valence-electron chi connectivity index (χ4n) is 2.14. The minimum atomic E-state index is -0.451. The molecule has 1 aromatic rings. The van der Waals surface area contributed by atoms with E-state index in [1.165, 1.54) is 7.11 Å². The van der Waals surface area contributed by atoms with E-state index in [2.05, 4.69) is 28.4 Å². The zero-order valence-corrected chi connectivity index (χ0v) is 11.7. The zero-order chi connectivity index (χ0) is 15.2. The number of rotatable bonds is 2.